The van der Waals surface area contributed by atoms with Crippen LogP contribution in [0.2, 0.25) is 0 Å². The molecule has 1 aliphatic rings. The van der Waals surface area contributed by atoms with Gasteiger partial charge in [0, 0.05) is 12.6 Å². The van der Waals surface area contributed by atoms with Crippen molar-refractivity contribution in [3.05, 3.63) is 24.3 Å². The van der Waals surface area contributed by atoms with Crippen molar-refractivity contribution < 1.29 is 14.3 Å². The van der Waals surface area contributed by atoms with E-state index in [1.165, 1.54) is 0 Å². The molecule has 3 N–H and O–H groups in total. The molecule has 1 fully saturated rings. The van der Waals surface area contributed by atoms with Gasteiger partial charge in [-0.05, 0) is 49.9 Å². The molecular formula is C15H23ClN2O3. The first-order chi connectivity index (χ1) is 9.63. The first kappa shape index (κ1) is 17.6. The van der Waals surface area contributed by atoms with E-state index in [0.29, 0.717) is 18.2 Å². The Morgan fingerprint density at radius 1 is 1.33 bits per heavy atom. The third kappa shape index (κ3) is 5.10. The van der Waals surface area contributed by atoms with E-state index in [4.69, 9.17) is 15.2 Å². The first-order valence-corrected chi connectivity index (χ1v) is 6.95. The van der Waals surface area contributed by atoms with Crippen molar-refractivity contribution in [2.45, 2.75) is 31.9 Å². The molecule has 21 heavy (non-hydrogen) atoms. The number of benzene rings is 1. The van der Waals surface area contributed by atoms with Gasteiger partial charge in [-0.2, -0.15) is 0 Å². The van der Waals surface area contributed by atoms with Gasteiger partial charge in [-0.1, -0.05) is 0 Å². The third-order valence-corrected chi connectivity index (χ3v) is 3.51. The summed E-state index contributed by atoms with van der Waals surface area (Å²) in [5, 5.41) is 2.96. The maximum Gasteiger partial charge on any atom is 0.261 e. The minimum Gasteiger partial charge on any atom is -0.497 e. The molecule has 0 heterocycles. The first-order valence-electron chi connectivity index (χ1n) is 6.95. The summed E-state index contributed by atoms with van der Waals surface area (Å²) in [5.74, 6) is 1.82. The number of rotatable bonds is 7. The van der Waals surface area contributed by atoms with Crippen molar-refractivity contribution in [1.29, 1.82) is 0 Å². The normalized spacial score (nSPS) is 16.3. The lowest BCUT2D eigenvalue weighted by molar-refractivity contribution is -0.128. The Morgan fingerprint density at radius 2 is 1.90 bits per heavy atom. The third-order valence-electron chi connectivity index (χ3n) is 3.51. The summed E-state index contributed by atoms with van der Waals surface area (Å²) in [5.41, 5.74) is 5.68. The van der Waals surface area contributed by atoms with E-state index < -0.39 is 6.10 Å². The summed E-state index contributed by atoms with van der Waals surface area (Å²) in [6, 6.07) is 7.23. The van der Waals surface area contributed by atoms with Gasteiger partial charge in [0.05, 0.1) is 7.11 Å². The molecule has 1 saturated carbocycles. The number of carbonyl (C=O) groups is 1. The lowest BCUT2D eigenvalue weighted by Crippen LogP contribution is -2.46. The van der Waals surface area contributed by atoms with Crippen molar-refractivity contribution in [3.63, 3.8) is 0 Å². The van der Waals surface area contributed by atoms with Gasteiger partial charge >= 0.3 is 0 Å². The number of halogens is 1. The standard InChI is InChI=1S/C15H22N2O3.ClH/c1-10(15(18)17-14(9-16)11-3-4-11)20-13-7-5-12(19-2)6-8-13;/h5-8,10-11,14H,3-4,9,16H2,1-2H3,(H,17,18);1H. The van der Waals surface area contributed by atoms with Crippen molar-refractivity contribution in [2.75, 3.05) is 13.7 Å². The fraction of sp³-hybridized carbons (Fsp3) is 0.533. The zero-order valence-corrected chi connectivity index (χ0v) is 13.2. The van der Waals surface area contributed by atoms with Crippen molar-refractivity contribution >= 4 is 18.3 Å². The fourth-order valence-electron chi connectivity index (χ4n) is 2.08. The van der Waals surface area contributed by atoms with Gasteiger partial charge in [0.1, 0.15) is 11.5 Å². The highest BCUT2D eigenvalue weighted by Gasteiger charge is 2.32. The Balaban J connectivity index is 0.00000220. The number of carbonyl (C=O) groups excluding carboxylic acids is 1. The number of amides is 1. The molecule has 1 aromatic carbocycles. The van der Waals surface area contributed by atoms with Crippen LogP contribution in [0.3, 0.4) is 0 Å². The van der Waals surface area contributed by atoms with E-state index in [0.717, 1.165) is 18.6 Å². The lowest BCUT2D eigenvalue weighted by atomic mass is 10.2. The lowest BCUT2D eigenvalue weighted by Gasteiger charge is -2.20. The van der Waals surface area contributed by atoms with Crippen LogP contribution in [0.15, 0.2) is 24.3 Å². The van der Waals surface area contributed by atoms with Crippen LogP contribution in [0.1, 0.15) is 19.8 Å². The topological polar surface area (TPSA) is 73.6 Å². The van der Waals surface area contributed by atoms with E-state index in [1.54, 1.807) is 38.3 Å². The van der Waals surface area contributed by atoms with Crippen molar-refractivity contribution in [3.8, 4) is 11.5 Å². The Bertz CT molecular complexity index is 449. The number of methoxy groups -OCH3 is 1. The molecular weight excluding hydrogens is 292 g/mol. The quantitative estimate of drug-likeness (QED) is 0.804. The van der Waals surface area contributed by atoms with Crippen molar-refractivity contribution in [2.24, 2.45) is 11.7 Å². The van der Waals surface area contributed by atoms with Crippen LogP contribution in [-0.4, -0.2) is 31.7 Å². The molecule has 0 aromatic heterocycles. The van der Waals surface area contributed by atoms with Gasteiger partial charge in [-0.15, -0.1) is 12.4 Å². The van der Waals surface area contributed by atoms with Gasteiger partial charge in [0.25, 0.3) is 5.91 Å². The number of hydrogen-bond donors (Lipinski definition) is 2. The molecule has 0 bridgehead atoms. The molecule has 0 spiro atoms. The molecule has 1 aliphatic carbocycles. The average molecular weight is 315 g/mol. The number of nitrogens with two attached hydrogens (primary N) is 1. The van der Waals surface area contributed by atoms with Crippen LogP contribution in [0.25, 0.3) is 0 Å². The molecule has 1 aromatic rings. The largest absolute Gasteiger partial charge is 0.497 e. The highest BCUT2D eigenvalue weighted by Crippen LogP contribution is 2.32. The summed E-state index contributed by atoms with van der Waals surface area (Å²) < 4.78 is 10.7. The zero-order valence-electron chi connectivity index (χ0n) is 12.4. The summed E-state index contributed by atoms with van der Waals surface area (Å²) in [7, 11) is 1.61. The second-order valence-corrected chi connectivity index (χ2v) is 5.12. The highest BCUT2D eigenvalue weighted by molar-refractivity contribution is 5.85. The molecule has 6 heteroatoms. The van der Waals surface area contributed by atoms with E-state index in [9.17, 15) is 4.79 Å². The molecule has 2 rings (SSSR count). The van der Waals surface area contributed by atoms with Crippen LogP contribution < -0.4 is 20.5 Å². The average Bonchev–Trinajstić information content (AvgIpc) is 3.29. The maximum absolute atomic E-state index is 12.1. The summed E-state index contributed by atoms with van der Waals surface area (Å²) in [4.78, 5) is 12.1. The molecule has 118 valence electrons. The zero-order chi connectivity index (χ0) is 14.5. The predicted octanol–water partition coefficient (Wildman–Crippen LogP) is 1.74. The van der Waals surface area contributed by atoms with Gasteiger partial charge in [-0.3, -0.25) is 4.79 Å². The molecule has 2 unspecified atom stereocenters. The molecule has 0 aliphatic heterocycles. The van der Waals surface area contributed by atoms with Crippen LogP contribution in [0.5, 0.6) is 11.5 Å². The maximum atomic E-state index is 12.1. The summed E-state index contributed by atoms with van der Waals surface area (Å²) in [6.45, 7) is 2.21. The summed E-state index contributed by atoms with van der Waals surface area (Å²) >= 11 is 0. The number of ether oxygens (including phenoxy) is 2. The van der Waals surface area contributed by atoms with Gasteiger partial charge in [0.15, 0.2) is 6.10 Å². The SMILES string of the molecule is COc1ccc(OC(C)C(=O)NC(CN)C2CC2)cc1.Cl. The van der Waals surface area contributed by atoms with Crippen molar-refractivity contribution in [1.82, 2.24) is 5.32 Å². The van der Waals surface area contributed by atoms with E-state index in [2.05, 4.69) is 5.32 Å². The molecule has 5 nitrogen and oxygen atoms in total. The van der Waals surface area contributed by atoms with Crippen LogP contribution >= 0.6 is 12.4 Å². The van der Waals surface area contributed by atoms with E-state index in [-0.39, 0.29) is 24.4 Å². The van der Waals surface area contributed by atoms with Crippen LogP contribution in [0, 0.1) is 5.92 Å². The second kappa shape index (κ2) is 8.10. The van der Waals surface area contributed by atoms with Gasteiger partial charge in [0.2, 0.25) is 0 Å². The Kier molecular flexibility index (Phi) is 6.78. The molecule has 0 saturated heterocycles. The fourth-order valence-corrected chi connectivity index (χ4v) is 2.08. The summed E-state index contributed by atoms with van der Waals surface area (Å²) in [6.07, 6.45) is 1.75. The van der Waals surface area contributed by atoms with E-state index in [1.807, 2.05) is 0 Å². The predicted molar refractivity (Wildman–Crippen MR) is 84.0 cm³/mol. The second-order valence-electron chi connectivity index (χ2n) is 5.12. The van der Waals surface area contributed by atoms with E-state index >= 15 is 0 Å². The molecule has 2 atom stereocenters. The highest BCUT2D eigenvalue weighted by atomic mass is 35.5. The van der Waals surface area contributed by atoms with Gasteiger partial charge < -0.3 is 20.5 Å². The Hall–Kier alpha value is -1.46. The van der Waals surface area contributed by atoms with Crippen LogP contribution in [-0.2, 0) is 4.79 Å². The van der Waals surface area contributed by atoms with Crippen LogP contribution in [0.4, 0.5) is 0 Å². The number of hydrogen-bond acceptors (Lipinski definition) is 4. The Labute approximate surface area is 131 Å². The number of nitrogens with one attached hydrogen (secondary N) is 1. The Morgan fingerprint density at radius 3 is 2.38 bits per heavy atom. The smallest absolute Gasteiger partial charge is 0.261 e. The van der Waals surface area contributed by atoms with Gasteiger partial charge in [-0.25, -0.2) is 0 Å². The minimum absolute atomic E-state index is 0. The molecule has 0 radical (unpaired) electrons. The molecule has 1 amide bonds. The monoisotopic (exact) mass is 314 g/mol. The minimum atomic E-state index is -0.545.